The third-order valence-corrected chi connectivity index (χ3v) is 24.0. The van der Waals surface area contributed by atoms with Crippen molar-refractivity contribution in [3.05, 3.63) is 205 Å². The Morgan fingerprint density at radius 3 is 1.22 bits per heavy atom. The zero-order valence-corrected chi connectivity index (χ0v) is 86.6. The maximum Gasteiger partial charge on any atom is 0.407 e. The minimum absolute atomic E-state index is 0. The largest absolute Gasteiger partial charge is 0.445 e. The number of alkyl halides is 1. The number of rotatable bonds is 25. The van der Waals surface area contributed by atoms with E-state index in [-0.39, 0.29) is 85.5 Å². The predicted molar refractivity (Wildman–Crippen MR) is 562 cm³/mol. The molecule has 4 fully saturated rings. The van der Waals surface area contributed by atoms with Gasteiger partial charge in [-0.3, -0.25) is 28.7 Å². The molecule has 6 heterocycles. The number of benzene rings is 4. The SMILES string of the molecule is C.CC(C)(C)OC(=O)NCC1CCC(N)CC1.CC(C)(C)OC(=O)NCC1CCC(NC(=O)OCc2ccccc2)CC1.CCl.CCn1c(=O)c(-c2ccc(-c3cncc(C)n3)cc2Cl)cc2cnc(Cl)nc21.CCn1c(=O)c(-c2ccc(-c3cncc(C)n3)cc2Cl)cc2cnc(NC3CCC(CNC(=O)OC(C)(C)C)CC3)nc21.C[B]OOCB=O.NCC1CCC(NC(=O)OCc2ccccc2)CC1. The Bertz CT molecular complexity index is 5750. The second-order valence-electron chi connectivity index (χ2n) is 37.7. The van der Waals surface area contributed by atoms with Crippen LogP contribution in [0.4, 0.5) is 29.9 Å². The van der Waals surface area contributed by atoms with Crippen molar-refractivity contribution in [2.75, 3.05) is 44.4 Å². The number of anilines is 1. The Morgan fingerprint density at radius 1 is 0.472 bits per heavy atom. The second-order valence-corrected chi connectivity index (χ2v) is 38.9. The van der Waals surface area contributed by atoms with Crippen LogP contribution in [0.3, 0.4) is 0 Å². The van der Waals surface area contributed by atoms with Gasteiger partial charge >= 0.3 is 72.8 Å². The van der Waals surface area contributed by atoms with Gasteiger partial charge in [-0.05, 0) is 270 Å². The van der Waals surface area contributed by atoms with Crippen LogP contribution in [-0.2, 0) is 64.4 Å². The molecule has 0 aliphatic heterocycles. The van der Waals surface area contributed by atoms with Gasteiger partial charge in [-0.2, -0.15) is 9.97 Å². The van der Waals surface area contributed by atoms with Gasteiger partial charge < -0.3 is 67.1 Å². The van der Waals surface area contributed by atoms with E-state index >= 15 is 0 Å². The molecule has 4 aliphatic carbocycles. The van der Waals surface area contributed by atoms with E-state index in [2.05, 4.69) is 88.1 Å². The molecule has 0 unspecified atom stereocenters. The number of fused-ring (bicyclic) bond motifs is 2. The summed E-state index contributed by atoms with van der Waals surface area (Å²) in [5.41, 5.74) is 19.7. The molecule has 0 atom stereocenters. The van der Waals surface area contributed by atoms with E-state index in [0.29, 0.717) is 131 Å². The summed E-state index contributed by atoms with van der Waals surface area (Å²) < 4.78 is 38.9. The first-order valence-corrected chi connectivity index (χ1v) is 49.8. The standard InChI is InChI=1S/C32H38ClN7O3.C20H15Cl2N5O.C20H30N2O4.C15H22N2O2.C12H24N2O2.C2H5B2O3.CH3Cl.CH4/c1-6-40-28-22(13-25(29(40)41)24-12-9-21(14-26(24)33)27-18-34-15-19(2)37-27)17-35-30(39-28)38-23-10-7-20(8-11-23)16-36-31(42)43-32(3,4)5;1-3-27-18-13(9-24-20(22)26-18)6-15(19(27)28)14-5-4-12(7-16(14)21)17-10-23-8-11(2)25-17;1-20(2,3)26-18(23)21-13-15-9-11-17(12-10-15)22-19(24)25-14-16-7-5-4-6-8-16;16-10-12-6-8-14(9-7-12)17-15(18)19-11-13-4-2-1-3-5-13;1-12(2,3)16-11(15)14-8-9-4-6-10(13)7-5-9;1-3-7-6-2-4-5;1-2;/h9,12-15,17-18,20,23H,6-8,10-11,16H2,1-5H3,(H,36,42)(H,35,38,39);4-10H,3H2,1-2H3;4-8,15,17H,9-14H2,1-3H3,(H,21,23)(H,22,24);1-5,12,14H,6-11,16H2,(H,17,18);9-10H,4-8,13H2,1-3H3,(H,14,15);2H2,1H3;1H3;1H4. The number of carbonyl (C=O) groups excluding carboxylic acids is 5. The predicted octanol–water partition coefficient (Wildman–Crippen LogP) is 20.5. The van der Waals surface area contributed by atoms with Gasteiger partial charge in [-0.25, -0.2) is 43.9 Å². The van der Waals surface area contributed by atoms with Crippen LogP contribution in [0.5, 0.6) is 0 Å². The molecule has 10 N–H and O–H groups in total. The number of pyridine rings is 2. The van der Waals surface area contributed by atoms with Crippen molar-refractivity contribution >= 4 is 120 Å². The fourth-order valence-corrected chi connectivity index (χ4v) is 16.8. The zero-order chi connectivity index (χ0) is 103. The quantitative estimate of drug-likeness (QED) is 0.00501. The van der Waals surface area contributed by atoms with Crippen molar-refractivity contribution in [2.24, 2.45) is 35.1 Å². The Kier molecular flexibility index (Phi) is 49.5. The number of alkyl carbamates (subject to hydrolysis) is 5. The monoisotopic (exact) mass is 2030 g/mol. The van der Waals surface area contributed by atoms with Gasteiger partial charge in [0, 0.05) is 142 Å². The maximum absolute atomic E-state index is 13.7. The summed E-state index contributed by atoms with van der Waals surface area (Å²) in [7, 11) is 1.97. The van der Waals surface area contributed by atoms with Gasteiger partial charge in [0.25, 0.3) is 11.1 Å². The summed E-state index contributed by atoms with van der Waals surface area (Å²) in [5.74, 6) is 2.50. The molecule has 4 aliphatic rings. The number of hydrogen-bond donors (Lipinski definition) is 8. The van der Waals surface area contributed by atoms with E-state index in [4.69, 9.17) is 74.9 Å². The Labute approximate surface area is 855 Å². The summed E-state index contributed by atoms with van der Waals surface area (Å²) in [6.45, 7) is 30.1. The molecule has 14 rings (SSSR count). The summed E-state index contributed by atoms with van der Waals surface area (Å²) in [5, 5.41) is 20.3. The average molecular weight is 2030 g/mol. The number of nitrogens with two attached hydrogens (primary N) is 2. The fourth-order valence-electron chi connectivity index (χ4n) is 16.1. The number of nitrogens with zero attached hydrogens (tertiary/aromatic N) is 10. The molecule has 4 saturated carbocycles. The van der Waals surface area contributed by atoms with E-state index in [9.17, 15) is 38.3 Å². The molecule has 10 aromatic rings. The van der Waals surface area contributed by atoms with Gasteiger partial charge in [-0.1, -0.05) is 116 Å². The minimum atomic E-state index is -0.508. The van der Waals surface area contributed by atoms with E-state index in [1.54, 1.807) is 65.3 Å². The smallest absolute Gasteiger partial charge is 0.407 e. The fraction of sp³-hybridized carbons (Fsp3) is 0.505. The van der Waals surface area contributed by atoms with E-state index in [0.717, 1.165) is 160 Å². The molecule has 5 amide bonds. The van der Waals surface area contributed by atoms with Gasteiger partial charge in [0.05, 0.1) is 35.2 Å². The Morgan fingerprint density at radius 2 is 0.852 bits per heavy atom. The minimum Gasteiger partial charge on any atom is -0.445 e. The normalized spacial score (nSPS) is 17.5. The molecule has 6 aromatic heterocycles. The Balaban J connectivity index is 0.000000244. The van der Waals surface area contributed by atoms with E-state index in [1.807, 2.05) is 187 Å². The molecule has 0 spiro atoms. The van der Waals surface area contributed by atoms with Crippen LogP contribution in [0.25, 0.3) is 66.8 Å². The molecular formula is C103H141B2Cl4N18O15. The van der Waals surface area contributed by atoms with Crippen LogP contribution >= 0.6 is 46.4 Å². The first-order valence-electron chi connectivity index (χ1n) is 47.9. The Hall–Kier alpha value is -11.3. The van der Waals surface area contributed by atoms with Crippen molar-refractivity contribution in [1.82, 2.24) is 75.6 Å². The van der Waals surface area contributed by atoms with Gasteiger partial charge in [0.2, 0.25) is 11.2 Å². The number of aromatic nitrogens is 10. The van der Waals surface area contributed by atoms with Crippen LogP contribution < -0.4 is 54.5 Å². The number of hydrogen-bond acceptors (Lipinski definition) is 26. The summed E-state index contributed by atoms with van der Waals surface area (Å²) in [4.78, 5) is 129. The molecule has 0 saturated heterocycles. The number of amides is 5. The second kappa shape index (κ2) is 59.7. The van der Waals surface area contributed by atoms with Gasteiger partial charge in [-0.15, -0.1) is 11.6 Å². The number of carbonyl (C=O) groups is 5. The summed E-state index contributed by atoms with van der Waals surface area (Å²) >= 11 is 23.8. The van der Waals surface area contributed by atoms with Gasteiger partial charge in [0.1, 0.15) is 41.3 Å². The molecule has 0 bridgehead atoms. The molecule has 142 heavy (non-hydrogen) atoms. The third kappa shape index (κ3) is 40.8. The van der Waals surface area contributed by atoms with Crippen molar-refractivity contribution in [3.8, 4) is 44.8 Å². The van der Waals surface area contributed by atoms with Crippen LogP contribution in [0.15, 0.2) is 156 Å². The molecule has 4 aromatic carbocycles. The number of halogens is 4. The van der Waals surface area contributed by atoms with Crippen LogP contribution in [-0.4, -0.2) is 174 Å². The molecule has 767 valence electrons. The number of nitrogens with one attached hydrogen (secondary N) is 6. The third-order valence-electron chi connectivity index (χ3n) is 23.1. The maximum atomic E-state index is 13.7. The molecule has 39 heteroatoms. The zero-order valence-electron chi connectivity index (χ0n) is 83.6. The van der Waals surface area contributed by atoms with E-state index in [1.165, 1.54) is 13.9 Å². The first-order chi connectivity index (χ1) is 67.3. The molecule has 33 nitrogen and oxygen atoms in total. The average Bonchev–Trinajstić information content (AvgIpc) is 0.766. The molecule has 1 radical (unpaired) electrons. The van der Waals surface area contributed by atoms with Crippen LogP contribution in [0, 0.1) is 37.5 Å². The first kappa shape index (κ1) is 118. The topological polar surface area (TPSA) is 438 Å². The number of aryl methyl sites for hydroxylation is 4. The number of ether oxygens (including phenoxy) is 5. The van der Waals surface area contributed by atoms with Crippen molar-refractivity contribution in [3.63, 3.8) is 0 Å². The van der Waals surface area contributed by atoms with Crippen LogP contribution in [0.1, 0.15) is 209 Å². The van der Waals surface area contributed by atoms with Crippen molar-refractivity contribution in [1.29, 1.82) is 0 Å². The summed E-state index contributed by atoms with van der Waals surface area (Å²) in [6.07, 6.45) is 25.9. The molecular weight excluding hydrogens is 1890 g/mol. The van der Waals surface area contributed by atoms with Gasteiger partial charge in [0.15, 0.2) is 0 Å². The van der Waals surface area contributed by atoms with Crippen LogP contribution in [0.2, 0.25) is 22.2 Å². The van der Waals surface area contributed by atoms with Crippen molar-refractivity contribution in [2.45, 2.75) is 274 Å². The van der Waals surface area contributed by atoms with Crippen molar-refractivity contribution < 1.29 is 62.1 Å². The van der Waals surface area contributed by atoms with E-state index < -0.39 is 16.8 Å². The summed E-state index contributed by atoms with van der Waals surface area (Å²) in [6, 6.07) is 34.9.